The summed E-state index contributed by atoms with van der Waals surface area (Å²) in [7, 11) is -0.837. The van der Waals surface area contributed by atoms with Gasteiger partial charge < -0.3 is 0 Å². The van der Waals surface area contributed by atoms with Crippen LogP contribution in [0, 0.1) is 13.8 Å². The smallest absolute Gasteiger partial charge is 0.0489 e. The van der Waals surface area contributed by atoms with Gasteiger partial charge in [0.25, 0.3) is 0 Å². The minimum atomic E-state index is -0.837. The molecule has 0 unspecified atom stereocenters. The second-order valence-electron chi connectivity index (χ2n) is 4.70. The Morgan fingerprint density at radius 3 is 2.17 bits per heavy atom. The lowest BCUT2D eigenvalue weighted by atomic mass is 10.2. The Balaban J connectivity index is 1.98. The van der Waals surface area contributed by atoms with Gasteiger partial charge in [0.2, 0.25) is 0 Å². The number of hydrogen-bond acceptors (Lipinski definition) is 1. The van der Waals surface area contributed by atoms with Crippen LogP contribution in [0.4, 0.5) is 0 Å². The summed E-state index contributed by atoms with van der Waals surface area (Å²) in [6, 6.07) is 16.5. The van der Waals surface area contributed by atoms with Crippen LogP contribution in [-0.4, -0.2) is 4.21 Å². The van der Waals surface area contributed by atoms with Gasteiger partial charge in [-0.2, -0.15) is 0 Å². The summed E-state index contributed by atoms with van der Waals surface area (Å²) in [4.78, 5) is 0. The van der Waals surface area contributed by atoms with Gasteiger partial charge in [0.1, 0.15) is 0 Å². The Morgan fingerprint density at radius 1 is 0.833 bits per heavy atom. The van der Waals surface area contributed by atoms with Gasteiger partial charge in [-0.25, -0.2) is 0 Å². The number of benzene rings is 2. The summed E-state index contributed by atoms with van der Waals surface area (Å²) in [5, 5.41) is 0. The molecule has 0 amide bonds. The number of rotatable bonds is 4. The van der Waals surface area contributed by atoms with Crippen molar-refractivity contribution in [3.63, 3.8) is 0 Å². The zero-order chi connectivity index (χ0) is 13.0. The molecule has 0 aromatic heterocycles. The van der Waals surface area contributed by atoms with E-state index in [1.54, 1.807) is 0 Å². The molecule has 0 aliphatic rings. The maximum atomic E-state index is 12.1. The first-order valence-corrected chi connectivity index (χ1v) is 7.58. The summed E-state index contributed by atoms with van der Waals surface area (Å²) in [5.74, 6) is 1.27. The molecule has 0 bridgehead atoms. The van der Waals surface area contributed by atoms with Crippen LogP contribution >= 0.6 is 0 Å². The fourth-order valence-corrected chi connectivity index (χ4v) is 3.13. The van der Waals surface area contributed by atoms with E-state index in [-0.39, 0.29) is 0 Å². The molecule has 2 aromatic carbocycles. The largest absolute Gasteiger partial charge is 0.259 e. The van der Waals surface area contributed by atoms with Gasteiger partial charge in [-0.3, -0.25) is 4.21 Å². The summed E-state index contributed by atoms with van der Waals surface area (Å²) < 4.78 is 12.1. The van der Waals surface area contributed by atoms with Gasteiger partial charge in [0.05, 0.1) is 0 Å². The van der Waals surface area contributed by atoms with Crippen molar-refractivity contribution >= 4 is 10.8 Å². The van der Waals surface area contributed by atoms with Crippen LogP contribution in [0.2, 0.25) is 0 Å². The maximum Gasteiger partial charge on any atom is 0.0489 e. The molecule has 2 aromatic rings. The highest BCUT2D eigenvalue weighted by molar-refractivity contribution is 7.83. The van der Waals surface area contributed by atoms with E-state index in [9.17, 15) is 4.21 Å². The molecule has 0 aliphatic carbocycles. The average Bonchev–Trinajstić information content (AvgIpc) is 2.32. The predicted molar refractivity (Wildman–Crippen MR) is 77.9 cm³/mol. The molecule has 0 N–H and O–H groups in total. The molecule has 0 saturated carbocycles. The Kier molecular flexibility index (Phi) is 4.32. The van der Waals surface area contributed by atoms with Crippen molar-refractivity contribution in [2.75, 3.05) is 0 Å². The second-order valence-corrected chi connectivity index (χ2v) is 6.16. The summed E-state index contributed by atoms with van der Waals surface area (Å²) >= 11 is 0. The monoisotopic (exact) mass is 258 g/mol. The Morgan fingerprint density at radius 2 is 1.50 bits per heavy atom. The first-order chi connectivity index (χ1) is 8.63. The lowest BCUT2D eigenvalue weighted by molar-refractivity contribution is 0.682. The minimum absolute atomic E-state index is 0.633. The average molecular weight is 258 g/mol. The lowest BCUT2D eigenvalue weighted by Crippen LogP contribution is -1.99. The van der Waals surface area contributed by atoms with Crippen molar-refractivity contribution in [3.8, 4) is 0 Å². The van der Waals surface area contributed by atoms with Gasteiger partial charge >= 0.3 is 0 Å². The van der Waals surface area contributed by atoms with Crippen LogP contribution in [-0.2, 0) is 22.3 Å². The number of aryl methyl sites for hydroxylation is 2. The Labute approximate surface area is 111 Å². The van der Waals surface area contributed by atoms with Crippen LogP contribution < -0.4 is 0 Å². The fraction of sp³-hybridized carbons (Fsp3) is 0.250. The third-order valence-electron chi connectivity index (χ3n) is 2.86. The molecule has 0 heterocycles. The van der Waals surface area contributed by atoms with E-state index in [0.717, 1.165) is 11.1 Å². The van der Waals surface area contributed by atoms with E-state index in [0.29, 0.717) is 11.5 Å². The van der Waals surface area contributed by atoms with E-state index in [1.165, 1.54) is 11.1 Å². The predicted octanol–water partition coefficient (Wildman–Crippen LogP) is 3.75. The van der Waals surface area contributed by atoms with Crippen LogP contribution in [0.1, 0.15) is 22.3 Å². The SMILES string of the molecule is Cc1ccc(C[S@@](=O)Cc2cccc(C)c2)cc1. The van der Waals surface area contributed by atoms with Crippen molar-refractivity contribution in [2.45, 2.75) is 25.4 Å². The number of hydrogen-bond donors (Lipinski definition) is 0. The standard InChI is InChI=1S/C16H18OS/c1-13-6-8-15(9-7-13)11-18(17)12-16-5-3-4-14(2)10-16/h3-10H,11-12H2,1-2H3/t18-/m1/s1. The van der Waals surface area contributed by atoms with E-state index in [1.807, 2.05) is 12.1 Å². The highest BCUT2D eigenvalue weighted by atomic mass is 32.2. The molecule has 0 aliphatic heterocycles. The molecule has 1 nitrogen and oxygen atoms in total. The van der Waals surface area contributed by atoms with Crippen molar-refractivity contribution in [1.29, 1.82) is 0 Å². The molecule has 0 radical (unpaired) electrons. The molecule has 2 rings (SSSR count). The quantitative estimate of drug-likeness (QED) is 0.816. The first kappa shape index (κ1) is 13.0. The van der Waals surface area contributed by atoms with Gasteiger partial charge in [0.15, 0.2) is 0 Å². The molecule has 0 fully saturated rings. The second kappa shape index (κ2) is 5.96. The third kappa shape index (κ3) is 3.81. The molecule has 0 saturated heterocycles. The minimum Gasteiger partial charge on any atom is -0.259 e. The zero-order valence-electron chi connectivity index (χ0n) is 10.8. The molecule has 0 spiro atoms. The highest BCUT2D eigenvalue weighted by Gasteiger charge is 2.03. The normalized spacial score (nSPS) is 12.3. The van der Waals surface area contributed by atoms with Crippen molar-refractivity contribution < 1.29 is 4.21 Å². The van der Waals surface area contributed by atoms with E-state index in [2.05, 4.69) is 50.2 Å². The molecule has 18 heavy (non-hydrogen) atoms. The first-order valence-electron chi connectivity index (χ1n) is 6.09. The lowest BCUT2D eigenvalue weighted by Gasteiger charge is -2.04. The van der Waals surface area contributed by atoms with Gasteiger partial charge in [-0.05, 0) is 25.0 Å². The summed E-state index contributed by atoms with van der Waals surface area (Å²) in [6.45, 7) is 4.12. The van der Waals surface area contributed by atoms with Gasteiger partial charge in [-0.15, -0.1) is 0 Å². The van der Waals surface area contributed by atoms with Crippen molar-refractivity contribution in [3.05, 3.63) is 70.8 Å². The fourth-order valence-electron chi connectivity index (χ4n) is 1.91. The molecular weight excluding hydrogens is 240 g/mol. The van der Waals surface area contributed by atoms with Gasteiger partial charge in [-0.1, -0.05) is 59.7 Å². The third-order valence-corrected chi connectivity index (χ3v) is 4.17. The van der Waals surface area contributed by atoms with Crippen LogP contribution in [0.5, 0.6) is 0 Å². The van der Waals surface area contributed by atoms with E-state index < -0.39 is 10.8 Å². The van der Waals surface area contributed by atoms with E-state index in [4.69, 9.17) is 0 Å². The Hall–Kier alpha value is -1.41. The maximum absolute atomic E-state index is 12.1. The van der Waals surface area contributed by atoms with Crippen LogP contribution in [0.25, 0.3) is 0 Å². The van der Waals surface area contributed by atoms with Crippen LogP contribution in [0.3, 0.4) is 0 Å². The zero-order valence-corrected chi connectivity index (χ0v) is 11.7. The topological polar surface area (TPSA) is 17.1 Å². The summed E-state index contributed by atoms with van der Waals surface area (Å²) in [5.41, 5.74) is 4.76. The van der Waals surface area contributed by atoms with Crippen molar-refractivity contribution in [2.24, 2.45) is 0 Å². The molecule has 94 valence electrons. The van der Waals surface area contributed by atoms with Crippen LogP contribution in [0.15, 0.2) is 48.5 Å². The van der Waals surface area contributed by atoms with Crippen molar-refractivity contribution in [1.82, 2.24) is 0 Å². The van der Waals surface area contributed by atoms with Gasteiger partial charge in [0, 0.05) is 22.3 Å². The molecule has 2 heteroatoms. The highest BCUT2D eigenvalue weighted by Crippen LogP contribution is 2.11. The molecule has 1 atom stereocenters. The van der Waals surface area contributed by atoms with E-state index >= 15 is 0 Å². The Bertz CT molecular complexity index is 543. The molecular formula is C16H18OS. The summed E-state index contributed by atoms with van der Waals surface area (Å²) in [6.07, 6.45) is 0.